The van der Waals surface area contributed by atoms with E-state index in [1.807, 2.05) is 39.0 Å². The van der Waals surface area contributed by atoms with Crippen molar-refractivity contribution in [1.29, 1.82) is 0 Å². The van der Waals surface area contributed by atoms with Gasteiger partial charge in [0.05, 0.1) is 18.8 Å². The summed E-state index contributed by atoms with van der Waals surface area (Å²) in [5.74, 6) is 6.13. The lowest BCUT2D eigenvalue weighted by atomic mass is 10.1. The Morgan fingerprint density at radius 3 is 2.37 bits per heavy atom. The van der Waals surface area contributed by atoms with Crippen molar-refractivity contribution < 1.29 is 18.7 Å². The van der Waals surface area contributed by atoms with E-state index in [0.29, 0.717) is 13.2 Å². The molecular formula is C24H37NO4Si. The maximum absolute atomic E-state index is 12.3. The highest BCUT2D eigenvalue weighted by molar-refractivity contribution is 6.74. The third-order valence-electron chi connectivity index (χ3n) is 5.66. The minimum absolute atomic E-state index is 0.168. The van der Waals surface area contributed by atoms with Crippen LogP contribution in [0, 0.1) is 11.8 Å². The number of carbonyl (C=O) groups excluding carboxylic acids is 1. The van der Waals surface area contributed by atoms with Crippen molar-refractivity contribution in [2.75, 3.05) is 13.2 Å². The van der Waals surface area contributed by atoms with Crippen LogP contribution in [0.5, 0.6) is 0 Å². The van der Waals surface area contributed by atoms with E-state index < -0.39 is 20.0 Å². The van der Waals surface area contributed by atoms with E-state index in [4.69, 9.17) is 13.9 Å². The summed E-state index contributed by atoms with van der Waals surface area (Å²) < 4.78 is 17.5. The van der Waals surface area contributed by atoms with Gasteiger partial charge in [-0.2, -0.15) is 0 Å². The van der Waals surface area contributed by atoms with E-state index >= 15 is 0 Å². The number of hydrogen-bond acceptors (Lipinski definition) is 4. The molecule has 0 spiro atoms. The number of carbonyl (C=O) groups is 1. The summed E-state index contributed by atoms with van der Waals surface area (Å²) in [6.07, 6.45) is 0.121. The molecule has 6 heteroatoms. The van der Waals surface area contributed by atoms with E-state index in [2.05, 4.69) is 57.1 Å². The third-order valence-corrected chi connectivity index (χ3v) is 10.1. The summed E-state index contributed by atoms with van der Waals surface area (Å²) in [6.45, 7) is 17.3. The predicted molar refractivity (Wildman–Crippen MR) is 123 cm³/mol. The fourth-order valence-electron chi connectivity index (χ4n) is 3.00. The first-order valence-electron chi connectivity index (χ1n) is 10.6. The van der Waals surface area contributed by atoms with Crippen LogP contribution in [0.15, 0.2) is 24.3 Å². The zero-order chi connectivity index (χ0) is 22.6. The topological polar surface area (TPSA) is 56.8 Å². The molecule has 0 heterocycles. The molecule has 1 aromatic carbocycles. The van der Waals surface area contributed by atoms with Gasteiger partial charge in [0.15, 0.2) is 8.32 Å². The lowest BCUT2D eigenvalue weighted by Crippen LogP contribution is -2.40. The fraction of sp³-hybridized carbons (Fsp3) is 0.625. The van der Waals surface area contributed by atoms with Gasteiger partial charge in [-0.3, -0.25) is 0 Å². The quantitative estimate of drug-likeness (QED) is 0.513. The summed E-state index contributed by atoms with van der Waals surface area (Å²) in [5, 5.41) is 3.14. The van der Waals surface area contributed by atoms with Crippen molar-refractivity contribution in [2.24, 2.45) is 0 Å². The fourth-order valence-corrected chi connectivity index (χ4v) is 3.87. The highest BCUT2D eigenvalue weighted by atomic mass is 28.4. The van der Waals surface area contributed by atoms with Crippen molar-refractivity contribution in [3.8, 4) is 11.8 Å². The average Bonchev–Trinajstić information content (AvgIpc) is 2.93. The van der Waals surface area contributed by atoms with Crippen LogP contribution in [-0.2, 0) is 20.3 Å². The minimum Gasteiger partial charge on any atom is -0.444 e. The second-order valence-corrected chi connectivity index (χ2v) is 15.1. The molecule has 2 rings (SSSR count). The molecule has 0 bridgehead atoms. The standard InChI is InChI=1S/C24H37NO4Si/c1-23(2,3)29-22(26)25-21-19-14-10-9-13-18(19)17-20(21)27-15-11-12-16-28-30(7,8)24(4,5)6/h9-10,13-14,20-21H,15-17H2,1-8H3,(H,25,26)/t20-,21+/m1/s1. The number of rotatable bonds is 5. The first kappa shape index (κ1) is 24.5. The van der Waals surface area contributed by atoms with Gasteiger partial charge in [-0.1, -0.05) is 56.9 Å². The molecule has 166 valence electrons. The molecule has 0 saturated carbocycles. The van der Waals surface area contributed by atoms with Crippen molar-refractivity contribution in [1.82, 2.24) is 5.32 Å². The number of alkyl carbamates (subject to hydrolysis) is 1. The zero-order valence-corrected chi connectivity index (χ0v) is 20.7. The first-order valence-corrected chi connectivity index (χ1v) is 13.5. The maximum Gasteiger partial charge on any atom is 0.408 e. The molecule has 1 aliphatic carbocycles. The molecule has 0 aromatic heterocycles. The number of hydrogen-bond donors (Lipinski definition) is 1. The number of benzene rings is 1. The molecular weight excluding hydrogens is 394 g/mol. The number of nitrogens with one attached hydrogen (secondary N) is 1. The second-order valence-electron chi connectivity index (χ2n) is 10.3. The summed E-state index contributed by atoms with van der Waals surface area (Å²) in [4.78, 5) is 12.3. The Bertz CT molecular complexity index is 796. The SMILES string of the molecule is CC(C)(C)OC(=O)N[C@H]1c2ccccc2C[C@H]1OCC#CCO[Si](C)(C)C(C)(C)C. The van der Waals surface area contributed by atoms with Gasteiger partial charge >= 0.3 is 6.09 Å². The second kappa shape index (κ2) is 9.55. The van der Waals surface area contributed by atoms with Crippen LogP contribution < -0.4 is 5.32 Å². The van der Waals surface area contributed by atoms with E-state index in [-0.39, 0.29) is 17.2 Å². The maximum atomic E-state index is 12.3. The molecule has 1 amide bonds. The Labute approximate surface area is 183 Å². The minimum atomic E-state index is -1.79. The monoisotopic (exact) mass is 431 g/mol. The Morgan fingerprint density at radius 2 is 1.73 bits per heavy atom. The Balaban J connectivity index is 1.94. The van der Waals surface area contributed by atoms with Crippen molar-refractivity contribution in [3.63, 3.8) is 0 Å². The van der Waals surface area contributed by atoms with Crippen LogP contribution in [0.3, 0.4) is 0 Å². The third kappa shape index (κ3) is 6.87. The van der Waals surface area contributed by atoms with Gasteiger partial charge in [0, 0.05) is 6.42 Å². The molecule has 1 aliphatic rings. The summed E-state index contributed by atoms with van der Waals surface area (Å²) in [7, 11) is -1.79. The largest absolute Gasteiger partial charge is 0.444 e. The normalized spacial score (nSPS) is 18.9. The Hall–Kier alpha value is -1.81. The Kier molecular flexibility index (Phi) is 7.78. The van der Waals surface area contributed by atoms with Crippen molar-refractivity contribution in [2.45, 2.75) is 83.8 Å². The molecule has 2 atom stereocenters. The Morgan fingerprint density at radius 1 is 1.10 bits per heavy atom. The molecule has 0 fully saturated rings. The van der Waals surface area contributed by atoms with Crippen LogP contribution in [0.4, 0.5) is 4.79 Å². The van der Waals surface area contributed by atoms with Crippen LogP contribution in [0.25, 0.3) is 0 Å². The molecule has 0 radical (unpaired) electrons. The average molecular weight is 432 g/mol. The first-order chi connectivity index (χ1) is 13.8. The predicted octanol–water partition coefficient (Wildman–Crippen LogP) is 5.22. The van der Waals surface area contributed by atoms with Crippen LogP contribution in [0.1, 0.15) is 58.7 Å². The van der Waals surface area contributed by atoms with E-state index in [0.717, 1.165) is 12.0 Å². The zero-order valence-electron chi connectivity index (χ0n) is 19.7. The van der Waals surface area contributed by atoms with E-state index in [1.165, 1.54) is 5.56 Å². The van der Waals surface area contributed by atoms with E-state index in [9.17, 15) is 4.79 Å². The highest BCUT2D eigenvalue weighted by Crippen LogP contribution is 2.36. The van der Waals surface area contributed by atoms with E-state index in [1.54, 1.807) is 0 Å². The van der Waals surface area contributed by atoms with Crippen LogP contribution >= 0.6 is 0 Å². The van der Waals surface area contributed by atoms with Gasteiger partial charge in [-0.25, -0.2) is 4.79 Å². The molecule has 1 N–H and O–H groups in total. The molecule has 5 nitrogen and oxygen atoms in total. The molecule has 30 heavy (non-hydrogen) atoms. The van der Waals surface area contributed by atoms with Gasteiger partial charge in [-0.05, 0) is 50.0 Å². The number of fused-ring (bicyclic) bond motifs is 1. The molecule has 1 aromatic rings. The van der Waals surface area contributed by atoms with Gasteiger partial charge in [-0.15, -0.1) is 0 Å². The van der Waals surface area contributed by atoms with Gasteiger partial charge < -0.3 is 19.2 Å². The van der Waals surface area contributed by atoms with Gasteiger partial charge in [0.1, 0.15) is 12.2 Å². The summed E-state index contributed by atoms with van der Waals surface area (Å²) in [5.41, 5.74) is 1.70. The highest BCUT2D eigenvalue weighted by Gasteiger charge is 2.37. The number of ether oxygens (including phenoxy) is 2. The summed E-state index contributed by atoms with van der Waals surface area (Å²) in [6, 6.07) is 7.83. The smallest absolute Gasteiger partial charge is 0.408 e. The lowest BCUT2D eigenvalue weighted by Gasteiger charge is -2.35. The summed E-state index contributed by atoms with van der Waals surface area (Å²) >= 11 is 0. The van der Waals surface area contributed by atoms with Crippen molar-refractivity contribution >= 4 is 14.4 Å². The number of amides is 1. The van der Waals surface area contributed by atoms with Gasteiger partial charge in [0.2, 0.25) is 0 Å². The van der Waals surface area contributed by atoms with Crippen LogP contribution in [0.2, 0.25) is 18.1 Å². The molecule has 0 unspecified atom stereocenters. The molecule has 0 aliphatic heterocycles. The lowest BCUT2D eigenvalue weighted by molar-refractivity contribution is 0.0304. The van der Waals surface area contributed by atoms with Gasteiger partial charge in [0.25, 0.3) is 0 Å². The van der Waals surface area contributed by atoms with Crippen LogP contribution in [-0.4, -0.2) is 39.3 Å². The molecule has 0 saturated heterocycles. The van der Waals surface area contributed by atoms with Crippen molar-refractivity contribution in [3.05, 3.63) is 35.4 Å².